The highest BCUT2D eigenvalue weighted by Crippen LogP contribution is 2.31. The number of rotatable bonds is 6. The molecular formula is C15H18ClNOS. The zero-order valence-electron chi connectivity index (χ0n) is 11.2. The van der Waals surface area contributed by atoms with Crippen LogP contribution in [0.25, 0.3) is 0 Å². The van der Waals surface area contributed by atoms with Gasteiger partial charge in [0.2, 0.25) is 0 Å². The van der Waals surface area contributed by atoms with Crippen molar-refractivity contribution in [2.45, 2.75) is 19.4 Å². The molecule has 2 aromatic rings. The molecule has 1 N–H and O–H groups in total. The SMILES string of the molecule is CCNC(Cc1cccc(OC)c1)c1sccc1Cl. The molecule has 1 atom stereocenters. The molecule has 0 amide bonds. The van der Waals surface area contributed by atoms with E-state index in [0.29, 0.717) is 0 Å². The fraction of sp³-hybridized carbons (Fsp3) is 0.333. The summed E-state index contributed by atoms with van der Waals surface area (Å²) in [6.07, 6.45) is 0.908. The number of hydrogen-bond donors (Lipinski definition) is 1. The number of hydrogen-bond acceptors (Lipinski definition) is 3. The minimum absolute atomic E-state index is 0.254. The van der Waals surface area contributed by atoms with Crippen LogP contribution in [0.15, 0.2) is 35.7 Å². The molecule has 0 aliphatic rings. The largest absolute Gasteiger partial charge is 0.497 e. The number of benzene rings is 1. The van der Waals surface area contributed by atoms with Crippen LogP contribution < -0.4 is 10.1 Å². The first-order valence-corrected chi connectivity index (χ1v) is 7.59. The fourth-order valence-corrected chi connectivity index (χ4v) is 3.36. The van der Waals surface area contributed by atoms with Gasteiger partial charge in [0, 0.05) is 10.9 Å². The van der Waals surface area contributed by atoms with Crippen molar-refractivity contribution in [2.75, 3.05) is 13.7 Å². The van der Waals surface area contributed by atoms with E-state index in [-0.39, 0.29) is 6.04 Å². The van der Waals surface area contributed by atoms with E-state index in [0.717, 1.165) is 23.7 Å². The highest BCUT2D eigenvalue weighted by Gasteiger charge is 2.16. The predicted molar refractivity (Wildman–Crippen MR) is 82.4 cm³/mol. The van der Waals surface area contributed by atoms with Gasteiger partial charge in [0.1, 0.15) is 5.75 Å². The highest BCUT2D eigenvalue weighted by molar-refractivity contribution is 7.10. The van der Waals surface area contributed by atoms with Crippen molar-refractivity contribution in [1.29, 1.82) is 0 Å². The van der Waals surface area contributed by atoms with Crippen molar-refractivity contribution in [3.63, 3.8) is 0 Å². The summed E-state index contributed by atoms with van der Waals surface area (Å²) in [5, 5.41) is 6.38. The van der Waals surface area contributed by atoms with E-state index in [2.05, 4.69) is 24.4 Å². The summed E-state index contributed by atoms with van der Waals surface area (Å²) in [5.41, 5.74) is 1.25. The monoisotopic (exact) mass is 295 g/mol. The smallest absolute Gasteiger partial charge is 0.119 e. The Morgan fingerprint density at radius 2 is 2.21 bits per heavy atom. The van der Waals surface area contributed by atoms with Crippen LogP contribution in [-0.4, -0.2) is 13.7 Å². The Morgan fingerprint density at radius 1 is 1.37 bits per heavy atom. The van der Waals surface area contributed by atoms with Gasteiger partial charge in [0.05, 0.1) is 12.1 Å². The predicted octanol–water partition coefficient (Wildman–Crippen LogP) is 4.30. The lowest BCUT2D eigenvalue weighted by atomic mass is 10.0. The third-order valence-corrected chi connectivity index (χ3v) is 4.46. The molecule has 1 aromatic heterocycles. The second kappa shape index (κ2) is 6.94. The van der Waals surface area contributed by atoms with Gasteiger partial charge in [-0.25, -0.2) is 0 Å². The molecule has 102 valence electrons. The second-order valence-corrected chi connectivity index (χ2v) is 5.65. The molecular weight excluding hydrogens is 278 g/mol. The zero-order chi connectivity index (χ0) is 13.7. The van der Waals surface area contributed by atoms with Gasteiger partial charge in [-0.05, 0) is 42.1 Å². The Kier molecular flexibility index (Phi) is 5.25. The molecule has 0 bridgehead atoms. The number of halogens is 1. The lowest BCUT2D eigenvalue weighted by Crippen LogP contribution is -2.22. The molecule has 0 saturated heterocycles. The lowest BCUT2D eigenvalue weighted by Gasteiger charge is -2.17. The fourth-order valence-electron chi connectivity index (χ4n) is 2.09. The molecule has 0 radical (unpaired) electrons. The van der Waals surface area contributed by atoms with Crippen molar-refractivity contribution in [3.05, 3.63) is 51.2 Å². The van der Waals surface area contributed by atoms with Crippen molar-refractivity contribution in [2.24, 2.45) is 0 Å². The number of methoxy groups -OCH3 is 1. The Labute approximate surface area is 123 Å². The Bertz CT molecular complexity index is 526. The minimum Gasteiger partial charge on any atom is -0.497 e. The maximum Gasteiger partial charge on any atom is 0.119 e. The van der Waals surface area contributed by atoms with Crippen molar-refractivity contribution < 1.29 is 4.74 Å². The summed E-state index contributed by atoms with van der Waals surface area (Å²) in [6, 6.07) is 10.4. The summed E-state index contributed by atoms with van der Waals surface area (Å²) >= 11 is 7.94. The molecule has 4 heteroatoms. The van der Waals surface area contributed by atoms with Crippen LogP contribution in [0.2, 0.25) is 5.02 Å². The zero-order valence-corrected chi connectivity index (χ0v) is 12.7. The first kappa shape index (κ1) is 14.4. The van der Waals surface area contributed by atoms with E-state index in [1.165, 1.54) is 10.4 Å². The van der Waals surface area contributed by atoms with Crippen LogP contribution in [0.1, 0.15) is 23.4 Å². The Hall–Kier alpha value is -1.03. The molecule has 0 aliphatic heterocycles. The van der Waals surface area contributed by atoms with Gasteiger partial charge in [-0.1, -0.05) is 30.7 Å². The average Bonchev–Trinajstić information content (AvgIpc) is 2.85. The summed E-state index contributed by atoms with van der Waals surface area (Å²) in [6.45, 7) is 3.03. The van der Waals surface area contributed by atoms with Crippen LogP contribution in [0.3, 0.4) is 0 Å². The van der Waals surface area contributed by atoms with Crippen molar-refractivity contribution in [1.82, 2.24) is 5.32 Å². The van der Waals surface area contributed by atoms with Crippen LogP contribution in [0.5, 0.6) is 5.75 Å². The van der Waals surface area contributed by atoms with Gasteiger partial charge < -0.3 is 10.1 Å². The maximum absolute atomic E-state index is 6.24. The summed E-state index contributed by atoms with van der Waals surface area (Å²) in [4.78, 5) is 1.20. The van der Waals surface area contributed by atoms with E-state index in [1.54, 1.807) is 18.4 Å². The molecule has 0 fully saturated rings. The van der Waals surface area contributed by atoms with Crippen LogP contribution >= 0.6 is 22.9 Å². The number of likely N-dealkylation sites (N-methyl/N-ethyl adjacent to an activating group) is 1. The molecule has 0 aliphatic carbocycles. The van der Waals surface area contributed by atoms with E-state index in [9.17, 15) is 0 Å². The molecule has 0 saturated carbocycles. The van der Waals surface area contributed by atoms with Gasteiger partial charge in [0.25, 0.3) is 0 Å². The third-order valence-electron chi connectivity index (χ3n) is 2.99. The van der Waals surface area contributed by atoms with E-state index in [1.807, 2.05) is 23.6 Å². The first-order chi connectivity index (χ1) is 9.24. The van der Waals surface area contributed by atoms with Crippen LogP contribution in [-0.2, 0) is 6.42 Å². The summed E-state index contributed by atoms with van der Waals surface area (Å²) < 4.78 is 5.27. The van der Waals surface area contributed by atoms with Gasteiger partial charge in [-0.2, -0.15) is 0 Å². The first-order valence-electron chi connectivity index (χ1n) is 6.33. The molecule has 2 nitrogen and oxygen atoms in total. The lowest BCUT2D eigenvalue weighted by molar-refractivity contribution is 0.414. The quantitative estimate of drug-likeness (QED) is 0.858. The number of ether oxygens (including phenoxy) is 1. The molecule has 2 rings (SSSR count). The topological polar surface area (TPSA) is 21.3 Å². The summed E-state index contributed by atoms with van der Waals surface area (Å²) in [5.74, 6) is 0.894. The van der Waals surface area contributed by atoms with Gasteiger partial charge in [-0.3, -0.25) is 0 Å². The van der Waals surface area contributed by atoms with Gasteiger partial charge >= 0.3 is 0 Å². The average molecular weight is 296 g/mol. The van der Waals surface area contributed by atoms with Crippen LogP contribution in [0.4, 0.5) is 0 Å². The Balaban J connectivity index is 2.18. The van der Waals surface area contributed by atoms with E-state index >= 15 is 0 Å². The minimum atomic E-state index is 0.254. The second-order valence-electron chi connectivity index (χ2n) is 4.30. The molecule has 1 aromatic carbocycles. The Morgan fingerprint density at radius 3 is 2.84 bits per heavy atom. The molecule has 0 spiro atoms. The van der Waals surface area contributed by atoms with E-state index < -0.39 is 0 Å². The number of nitrogens with one attached hydrogen (secondary N) is 1. The maximum atomic E-state index is 6.24. The van der Waals surface area contributed by atoms with Crippen LogP contribution in [0, 0.1) is 0 Å². The van der Waals surface area contributed by atoms with Crippen molar-refractivity contribution >= 4 is 22.9 Å². The highest BCUT2D eigenvalue weighted by atomic mass is 35.5. The standard InChI is InChI=1S/C15H18ClNOS/c1-3-17-14(15-13(16)7-8-19-15)10-11-5-4-6-12(9-11)18-2/h4-9,14,17H,3,10H2,1-2H3. The summed E-state index contributed by atoms with van der Waals surface area (Å²) in [7, 11) is 1.69. The van der Waals surface area contributed by atoms with E-state index in [4.69, 9.17) is 16.3 Å². The number of thiophene rings is 1. The van der Waals surface area contributed by atoms with Gasteiger partial charge in [0.15, 0.2) is 0 Å². The van der Waals surface area contributed by atoms with Gasteiger partial charge in [-0.15, -0.1) is 11.3 Å². The molecule has 19 heavy (non-hydrogen) atoms. The third kappa shape index (κ3) is 3.72. The molecule has 1 heterocycles. The molecule has 1 unspecified atom stereocenters. The van der Waals surface area contributed by atoms with Crippen molar-refractivity contribution in [3.8, 4) is 5.75 Å². The normalized spacial score (nSPS) is 12.4.